The van der Waals surface area contributed by atoms with Crippen molar-refractivity contribution in [2.24, 2.45) is 0 Å². The zero-order valence-corrected chi connectivity index (χ0v) is 14.5. The van der Waals surface area contributed by atoms with E-state index in [-0.39, 0.29) is 18.6 Å². The molecular weight excluding hydrogens is 310 g/mol. The van der Waals surface area contributed by atoms with Crippen LogP contribution in [0.4, 0.5) is 4.79 Å². The van der Waals surface area contributed by atoms with Crippen LogP contribution in [-0.4, -0.2) is 22.7 Å². The van der Waals surface area contributed by atoms with Gasteiger partial charge >= 0.3 is 6.03 Å². The Labute approximate surface area is 140 Å². The lowest BCUT2D eigenvalue weighted by molar-refractivity contribution is 0.0592. The second kappa shape index (κ2) is 7.57. The second-order valence-corrected chi connectivity index (χ2v) is 6.64. The zero-order chi connectivity index (χ0) is 16.9. The van der Waals surface area contributed by atoms with Gasteiger partial charge in [-0.3, -0.25) is 0 Å². The summed E-state index contributed by atoms with van der Waals surface area (Å²) in [5.74, 6) is 0. The van der Waals surface area contributed by atoms with Gasteiger partial charge in [0.1, 0.15) is 10.6 Å². The van der Waals surface area contributed by atoms with Crippen LogP contribution in [0.1, 0.15) is 42.6 Å². The highest BCUT2D eigenvalue weighted by atomic mass is 32.1. The summed E-state index contributed by atoms with van der Waals surface area (Å²) in [5, 5.41) is 19.0. The minimum atomic E-state index is -1.11. The van der Waals surface area contributed by atoms with E-state index in [9.17, 15) is 9.90 Å². The van der Waals surface area contributed by atoms with E-state index in [4.69, 9.17) is 0 Å². The summed E-state index contributed by atoms with van der Waals surface area (Å²) in [5.41, 5.74) is 0.610. The van der Waals surface area contributed by atoms with Crippen LogP contribution in [0.3, 0.4) is 0 Å². The van der Waals surface area contributed by atoms with Crippen LogP contribution >= 0.6 is 11.3 Å². The molecule has 0 spiro atoms. The molecule has 2 unspecified atom stereocenters. The summed E-state index contributed by atoms with van der Waals surface area (Å²) in [6.45, 7) is 5.76. The van der Waals surface area contributed by atoms with Crippen molar-refractivity contribution in [3.63, 3.8) is 0 Å². The minimum absolute atomic E-state index is 0.115. The van der Waals surface area contributed by atoms with Crippen molar-refractivity contribution in [2.45, 2.75) is 38.8 Å². The molecule has 1 heterocycles. The van der Waals surface area contributed by atoms with Gasteiger partial charge in [-0.05, 0) is 25.8 Å². The van der Waals surface area contributed by atoms with Crippen molar-refractivity contribution in [1.29, 1.82) is 0 Å². The van der Waals surface area contributed by atoms with Crippen molar-refractivity contribution in [2.75, 3.05) is 6.54 Å². The smallest absolute Gasteiger partial charge is 0.315 e. The summed E-state index contributed by atoms with van der Waals surface area (Å²) in [6, 6.07) is 8.88. The van der Waals surface area contributed by atoms with Gasteiger partial charge in [0.25, 0.3) is 0 Å². The summed E-state index contributed by atoms with van der Waals surface area (Å²) in [6.07, 6.45) is 0.759. The molecule has 0 radical (unpaired) electrons. The molecule has 2 amide bonds. The number of urea groups is 1. The SMILES string of the molecule is CCC(NC(=O)NCC(C)(O)c1ccccc1)c1nc(C)cs1. The Morgan fingerprint density at radius 1 is 1.39 bits per heavy atom. The van der Waals surface area contributed by atoms with Crippen LogP contribution in [0.15, 0.2) is 35.7 Å². The monoisotopic (exact) mass is 333 g/mol. The largest absolute Gasteiger partial charge is 0.384 e. The predicted molar refractivity (Wildman–Crippen MR) is 92.4 cm³/mol. The van der Waals surface area contributed by atoms with Gasteiger partial charge in [-0.2, -0.15) is 0 Å². The number of nitrogens with zero attached hydrogens (tertiary/aromatic N) is 1. The quantitative estimate of drug-likeness (QED) is 0.760. The number of carbonyl (C=O) groups excluding carboxylic acids is 1. The third-order valence-electron chi connectivity index (χ3n) is 3.64. The van der Waals surface area contributed by atoms with Gasteiger partial charge in [-0.15, -0.1) is 11.3 Å². The lowest BCUT2D eigenvalue weighted by Crippen LogP contribution is -2.44. The minimum Gasteiger partial charge on any atom is -0.384 e. The van der Waals surface area contributed by atoms with E-state index in [2.05, 4.69) is 15.6 Å². The first-order valence-corrected chi connectivity index (χ1v) is 8.54. The number of carbonyl (C=O) groups is 1. The van der Waals surface area contributed by atoms with Crippen molar-refractivity contribution in [1.82, 2.24) is 15.6 Å². The molecule has 1 aromatic carbocycles. The highest BCUT2D eigenvalue weighted by Gasteiger charge is 2.24. The van der Waals surface area contributed by atoms with Crippen LogP contribution in [0.5, 0.6) is 0 Å². The van der Waals surface area contributed by atoms with Gasteiger partial charge in [0, 0.05) is 11.1 Å². The van der Waals surface area contributed by atoms with Gasteiger partial charge in [0.15, 0.2) is 0 Å². The zero-order valence-electron chi connectivity index (χ0n) is 13.7. The summed E-state index contributed by atoms with van der Waals surface area (Å²) >= 11 is 1.54. The Bertz CT molecular complexity index is 640. The molecule has 2 atom stereocenters. The number of hydrogen-bond donors (Lipinski definition) is 3. The molecule has 0 bridgehead atoms. The molecule has 6 heteroatoms. The predicted octanol–water partition coefficient (Wildman–Crippen LogP) is 3.11. The first kappa shape index (κ1) is 17.4. The molecule has 1 aromatic heterocycles. The van der Waals surface area contributed by atoms with Crippen molar-refractivity contribution < 1.29 is 9.90 Å². The van der Waals surface area contributed by atoms with E-state index in [0.717, 1.165) is 22.7 Å². The number of thiazole rings is 1. The molecule has 23 heavy (non-hydrogen) atoms. The summed E-state index contributed by atoms with van der Waals surface area (Å²) in [7, 11) is 0. The Balaban J connectivity index is 1.91. The Hall–Kier alpha value is -1.92. The first-order valence-electron chi connectivity index (χ1n) is 7.66. The molecule has 2 aromatic rings. The number of aryl methyl sites for hydroxylation is 1. The van der Waals surface area contributed by atoms with E-state index >= 15 is 0 Å². The van der Waals surface area contributed by atoms with Crippen LogP contribution in [0, 0.1) is 6.92 Å². The Morgan fingerprint density at radius 3 is 2.65 bits per heavy atom. The summed E-state index contributed by atoms with van der Waals surface area (Å²) in [4.78, 5) is 16.5. The Kier molecular flexibility index (Phi) is 5.74. The number of rotatable bonds is 6. The number of amides is 2. The summed E-state index contributed by atoms with van der Waals surface area (Å²) < 4.78 is 0. The molecule has 0 aliphatic carbocycles. The van der Waals surface area contributed by atoms with Gasteiger partial charge in [-0.1, -0.05) is 37.3 Å². The fourth-order valence-electron chi connectivity index (χ4n) is 2.23. The van der Waals surface area contributed by atoms with E-state index in [1.807, 2.05) is 49.6 Å². The van der Waals surface area contributed by atoms with Crippen molar-refractivity contribution in [3.05, 3.63) is 52.0 Å². The molecule has 2 rings (SSSR count). The maximum Gasteiger partial charge on any atom is 0.315 e. The number of hydrogen-bond acceptors (Lipinski definition) is 4. The number of aliphatic hydroxyl groups is 1. The molecule has 0 fully saturated rings. The third-order valence-corrected chi connectivity index (χ3v) is 4.71. The van der Waals surface area contributed by atoms with Crippen LogP contribution in [0.25, 0.3) is 0 Å². The van der Waals surface area contributed by atoms with Crippen LogP contribution in [0.2, 0.25) is 0 Å². The Morgan fingerprint density at radius 2 is 2.09 bits per heavy atom. The van der Waals surface area contributed by atoms with Crippen molar-refractivity contribution in [3.8, 4) is 0 Å². The molecular formula is C17H23N3O2S. The van der Waals surface area contributed by atoms with Gasteiger partial charge in [-0.25, -0.2) is 9.78 Å². The van der Waals surface area contributed by atoms with Gasteiger partial charge in [0.05, 0.1) is 12.6 Å². The van der Waals surface area contributed by atoms with Crippen molar-refractivity contribution >= 4 is 17.4 Å². The number of nitrogens with one attached hydrogen (secondary N) is 2. The van der Waals surface area contributed by atoms with E-state index < -0.39 is 5.60 Å². The van der Waals surface area contributed by atoms with E-state index in [0.29, 0.717) is 0 Å². The molecule has 124 valence electrons. The standard InChI is InChI=1S/C17H23N3O2S/c1-4-14(15-19-12(2)10-23-15)20-16(21)18-11-17(3,22)13-8-6-5-7-9-13/h5-10,14,22H,4,11H2,1-3H3,(H2,18,20,21). The lowest BCUT2D eigenvalue weighted by atomic mass is 9.96. The average Bonchev–Trinajstić information content (AvgIpc) is 2.98. The molecule has 0 saturated heterocycles. The molecule has 0 saturated carbocycles. The average molecular weight is 333 g/mol. The second-order valence-electron chi connectivity index (χ2n) is 5.75. The number of benzene rings is 1. The van der Waals surface area contributed by atoms with Crippen LogP contribution in [-0.2, 0) is 5.60 Å². The molecule has 5 nitrogen and oxygen atoms in total. The van der Waals surface area contributed by atoms with E-state index in [1.165, 1.54) is 0 Å². The normalized spacial score (nSPS) is 14.8. The van der Waals surface area contributed by atoms with Gasteiger partial charge < -0.3 is 15.7 Å². The highest BCUT2D eigenvalue weighted by Crippen LogP contribution is 2.21. The molecule has 0 aliphatic heterocycles. The fraction of sp³-hybridized carbons (Fsp3) is 0.412. The van der Waals surface area contributed by atoms with Gasteiger partial charge in [0.2, 0.25) is 0 Å². The highest BCUT2D eigenvalue weighted by molar-refractivity contribution is 7.09. The van der Waals surface area contributed by atoms with Crippen LogP contribution < -0.4 is 10.6 Å². The molecule has 0 aliphatic rings. The topological polar surface area (TPSA) is 74.2 Å². The first-order chi connectivity index (χ1) is 10.9. The fourth-order valence-corrected chi connectivity index (χ4v) is 3.16. The maximum atomic E-state index is 12.1. The lowest BCUT2D eigenvalue weighted by Gasteiger charge is -2.25. The molecule has 3 N–H and O–H groups in total. The number of aromatic nitrogens is 1. The van der Waals surface area contributed by atoms with E-state index in [1.54, 1.807) is 18.3 Å². The maximum absolute atomic E-state index is 12.1. The third kappa shape index (κ3) is 4.77.